The number of nitrogens with zero attached hydrogens (tertiary/aromatic N) is 2. The average Bonchev–Trinajstić information content (AvgIpc) is 3.26. The number of hydrogen-bond acceptors (Lipinski definition) is 4. The lowest BCUT2D eigenvalue weighted by atomic mass is 9.98. The molecule has 2 heterocycles. The number of benzene rings is 1. The number of anilines is 1. The summed E-state index contributed by atoms with van der Waals surface area (Å²) in [7, 11) is -3.68. The van der Waals surface area contributed by atoms with Crippen LogP contribution in [0.4, 0.5) is 5.69 Å². The number of piperidine rings is 1. The Morgan fingerprint density at radius 2 is 1.80 bits per heavy atom. The van der Waals surface area contributed by atoms with Gasteiger partial charge in [-0.25, -0.2) is 8.42 Å². The molecular weight excluding hydrogens is 402 g/mol. The molecule has 30 heavy (non-hydrogen) atoms. The molecule has 4 rings (SSSR count). The molecule has 1 unspecified atom stereocenters. The molecule has 2 amide bonds. The molecule has 1 aliphatic carbocycles. The predicted octanol–water partition coefficient (Wildman–Crippen LogP) is 2.45. The fourth-order valence-electron chi connectivity index (χ4n) is 4.97. The van der Waals surface area contributed by atoms with E-state index in [4.69, 9.17) is 0 Å². The van der Waals surface area contributed by atoms with Crippen molar-refractivity contribution >= 4 is 27.5 Å². The first kappa shape index (κ1) is 21.3. The maximum absolute atomic E-state index is 13.3. The molecule has 2 fully saturated rings. The number of amides is 2. The Morgan fingerprint density at radius 1 is 1.03 bits per heavy atom. The van der Waals surface area contributed by atoms with E-state index in [9.17, 15) is 18.0 Å². The van der Waals surface area contributed by atoms with Crippen LogP contribution in [0.25, 0.3) is 0 Å². The molecule has 0 spiro atoms. The van der Waals surface area contributed by atoms with Gasteiger partial charge in [-0.1, -0.05) is 12.8 Å². The molecule has 1 aromatic rings. The van der Waals surface area contributed by atoms with Gasteiger partial charge < -0.3 is 10.2 Å². The molecular formula is C22H31N3O4S. The number of carbonyl (C=O) groups is 2. The smallest absolute Gasteiger partial charge is 0.243 e. The molecule has 2 aliphatic heterocycles. The standard InChI is InChI=1S/C22H31N3O4S/c1-16(26)25-13-5-6-17-14-20(10-11-21(17)25)30(28,29)24-12-4-7-18(15-24)22(27)23-19-8-2-3-9-19/h10-11,14,18-19H,2-9,12-13,15H2,1H3,(H,23,27). The van der Waals surface area contributed by atoms with Gasteiger partial charge in [0.25, 0.3) is 0 Å². The summed E-state index contributed by atoms with van der Waals surface area (Å²) in [4.78, 5) is 26.5. The second-order valence-electron chi connectivity index (χ2n) is 8.76. The quantitative estimate of drug-likeness (QED) is 0.790. The highest BCUT2D eigenvalue weighted by atomic mass is 32.2. The van der Waals surface area contributed by atoms with Crippen LogP contribution < -0.4 is 10.2 Å². The van der Waals surface area contributed by atoms with Crippen LogP contribution in [0.1, 0.15) is 57.4 Å². The van der Waals surface area contributed by atoms with Gasteiger partial charge in [0, 0.05) is 38.3 Å². The Kier molecular flexibility index (Phi) is 6.16. The first-order valence-electron chi connectivity index (χ1n) is 11.1. The van der Waals surface area contributed by atoms with Crippen molar-refractivity contribution in [2.45, 2.75) is 69.2 Å². The fraction of sp³-hybridized carbons (Fsp3) is 0.636. The molecule has 1 atom stereocenters. The molecule has 0 bridgehead atoms. The van der Waals surface area contributed by atoms with Crippen molar-refractivity contribution < 1.29 is 18.0 Å². The molecule has 0 aromatic heterocycles. The fourth-order valence-corrected chi connectivity index (χ4v) is 6.55. The van der Waals surface area contributed by atoms with Crippen molar-refractivity contribution in [2.24, 2.45) is 5.92 Å². The van der Waals surface area contributed by atoms with Gasteiger partial charge >= 0.3 is 0 Å². The first-order chi connectivity index (χ1) is 14.4. The zero-order valence-electron chi connectivity index (χ0n) is 17.6. The van der Waals surface area contributed by atoms with Crippen LogP contribution in [0, 0.1) is 5.92 Å². The van der Waals surface area contributed by atoms with Crippen LogP contribution in [-0.4, -0.2) is 50.2 Å². The maximum Gasteiger partial charge on any atom is 0.243 e. The van der Waals surface area contributed by atoms with Crippen molar-refractivity contribution in [1.82, 2.24) is 9.62 Å². The predicted molar refractivity (Wildman–Crippen MR) is 115 cm³/mol. The lowest BCUT2D eigenvalue weighted by molar-refractivity contribution is -0.126. The maximum atomic E-state index is 13.3. The third-order valence-corrected chi connectivity index (χ3v) is 8.51. The van der Waals surface area contributed by atoms with Crippen molar-refractivity contribution in [3.8, 4) is 0 Å². The number of fused-ring (bicyclic) bond motifs is 1. The SMILES string of the molecule is CC(=O)N1CCCc2cc(S(=O)(=O)N3CCCC(C(=O)NC4CCCC4)C3)ccc21. The second-order valence-corrected chi connectivity index (χ2v) is 10.7. The molecule has 1 saturated carbocycles. The molecule has 164 valence electrons. The number of nitrogens with one attached hydrogen (secondary N) is 1. The topological polar surface area (TPSA) is 86.8 Å². The molecule has 0 radical (unpaired) electrons. The van der Waals surface area contributed by atoms with E-state index in [1.165, 1.54) is 11.2 Å². The van der Waals surface area contributed by atoms with Crippen LogP contribution in [0.3, 0.4) is 0 Å². The van der Waals surface area contributed by atoms with Gasteiger partial charge in [0.1, 0.15) is 0 Å². The number of hydrogen-bond donors (Lipinski definition) is 1. The molecule has 1 saturated heterocycles. The van der Waals surface area contributed by atoms with Crippen LogP contribution in [0.5, 0.6) is 0 Å². The van der Waals surface area contributed by atoms with Gasteiger partial charge in [-0.05, 0) is 62.3 Å². The highest BCUT2D eigenvalue weighted by Crippen LogP contribution is 2.32. The van der Waals surface area contributed by atoms with E-state index in [1.54, 1.807) is 23.1 Å². The zero-order chi connectivity index (χ0) is 21.3. The van der Waals surface area contributed by atoms with Crippen molar-refractivity contribution in [1.29, 1.82) is 0 Å². The third-order valence-electron chi connectivity index (χ3n) is 6.64. The van der Waals surface area contributed by atoms with Gasteiger partial charge in [0.05, 0.1) is 10.8 Å². The minimum Gasteiger partial charge on any atom is -0.353 e. The number of rotatable bonds is 4. The van der Waals surface area contributed by atoms with E-state index in [2.05, 4.69) is 5.32 Å². The number of carbonyl (C=O) groups excluding carboxylic acids is 2. The van der Waals surface area contributed by atoms with Crippen molar-refractivity contribution in [3.05, 3.63) is 23.8 Å². The van der Waals surface area contributed by atoms with E-state index < -0.39 is 10.0 Å². The van der Waals surface area contributed by atoms with Crippen LogP contribution in [0.2, 0.25) is 0 Å². The first-order valence-corrected chi connectivity index (χ1v) is 12.5. The lowest BCUT2D eigenvalue weighted by Crippen LogP contribution is -2.47. The summed E-state index contributed by atoms with van der Waals surface area (Å²) in [5, 5.41) is 3.12. The van der Waals surface area contributed by atoms with Gasteiger partial charge in [0.15, 0.2) is 0 Å². The minimum absolute atomic E-state index is 0.00987. The van der Waals surface area contributed by atoms with Crippen LogP contribution in [-0.2, 0) is 26.0 Å². The second kappa shape index (κ2) is 8.67. The lowest BCUT2D eigenvalue weighted by Gasteiger charge is -2.33. The summed E-state index contributed by atoms with van der Waals surface area (Å²) in [5.41, 5.74) is 1.70. The van der Waals surface area contributed by atoms with Crippen LogP contribution in [0.15, 0.2) is 23.1 Å². The molecule has 8 heteroatoms. The number of sulfonamides is 1. The summed E-state index contributed by atoms with van der Waals surface area (Å²) >= 11 is 0. The minimum atomic E-state index is -3.68. The molecule has 1 aromatic carbocycles. The monoisotopic (exact) mass is 433 g/mol. The van der Waals surface area contributed by atoms with E-state index in [0.29, 0.717) is 19.5 Å². The average molecular weight is 434 g/mol. The summed E-state index contributed by atoms with van der Waals surface area (Å²) in [5.74, 6) is -0.331. The highest BCUT2D eigenvalue weighted by Gasteiger charge is 2.35. The summed E-state index contributed by atoms with van der Waals surface area (Å²) < 4.78 is 28.1. The Morgan fingerprint density at radius 3 is 2.53 bits per heavy atom. The Hall–Kier alpha value is -1.93. The van der Waals surface area contributed by atoms with Gasteiger partial charge in [-0.15, -0.1) is 0 Å². The Bertz CT molecular complexity index is 924. The Balaban J connectivity index is 1.50. The summed E-state index contributed by atoms with van der Waals surface area (Å²) in [6.45, 7) is 2.87. The van der Waals surface area contributed by atoms with Gasteiger partial charge in [-0.3, -0.25) is 9.59 Å². The van der Waals surface area contributed by atoms with E-state index >= 15 is 0 Å². The molecule has 1 N–H and O–H groups in total. The highest BCUT2D eigenvalue weighted by molar-refractivity contribution is 7.89. The van der Waals surface area contributed by atoms with Crippen molar-refractivity contribution in [2.75, 3.05) is 24.5 Å². The Labute approximate surface area is 178 Å². The van der Waals surface area contributed by atoms with Gasteiger partial charge in [0.2, 0.25) is 21.8 Å². The molecule has 7 nitrogen and oxygen atoms in total. The largest absolute Gasteiger partial charge is 0.353 e. The van der Waals surface area contributed by atoms with E-state index in [-0.39, 0.29) is 35.2 Å². The van der Waals surface area contributed by atoms with E-state index in [1.807, 2.05) is 0 Å². The zero-order valence-corrected chi connectivity index (χ0v) is 18.4. The number of aryl methyl sites for hydroxylation is 1. The summed E-state index contributed by atoms with van der Waals surface area (Å²) in [6.07, 6.45) is 7.33. The normalized spacial score (nSPS) is 23.2. The van der Waals surface area contributed by atoms with Crippen LogP contribution >= 0.6 is 0 Å². The molecule has 3 aliphatic rings. The third kappa shape index (κ3) is 4.25. The summed E-state index contributed by atoms with van der Waals surface area (Å²) in [6, 6.07) is 5.30. The van der Waals surface area contributed by atoms with Gasteiger partial charge in [-0.2, -0.15) is 4.31 Å². The van der Waals surface area contributed by atoms with E-state index in [0.717, 1.165) is 56.2 Å². The van der Waals surface area contributed by atoms with Crippen molar-refractivity contribution in [3.63, 3.8) is 0 Å².